The number of Topliss-reactive ketones (excluding diaryl/α,β-unsaturated/α-hetero) is 1. The Morgan fingerprint density at radius 3 is 2.45 bits per heavy atom. The summed E-state index contributed by atoms with van der Waals surface area (Å²) in [4.78, 5) is 39.1. The third kappa shape index (κ3) is 4.65. The highest BCUT2D eigenvalue weighted by Gasteiger charge is 2.19. The van der Waals surface area contributed by atoms with E-state index < -0.39 is 11.5 Å². The van der Waals surface area contributed by atoms with E-state index in [9.17, 15) is 14.4 Å². The molecule has 2 rings (SSSR count). The lowest BCUT2D eigenvalue weighted by molar-refractivity contribution is -0.142. The summed E-state index contributed by atoms with van der Waals surface area (Å²) in [5.41, 5.74) is 3.97. The highest BCUT2D eigenvalue weighted by atomic mass is 16.5. The van der Waals surface area contributed by atoms with E-state index in [1.807, 2.05) is 39.8 Å². The molecule has 2 aromatic rings. The molecule has 29 heavy (non-hydrogen) atoms. The number of ether oxygens (including phenoxy) is 1. The van der Waals surface area contributed by atoms with Crippen molar-refractivity contribution in [3.05, 3.63) is 55.8 Å². The molecule has 2 aromatic heterocycles. The van der Waals surface area contributed by atoms with Crippen LogP contribution in [0.25, 0.3) is 0 Å². The van der Waals surface area contributed by atoms with Gasteiger partial charge < -0.3 is 14.3 Å². The van der Waals surface area contributed by atoms with Gasteiger partial charge in [-0.25, -0.2) is 0 Å². The van der Waals surface area contributed by atoms with E-state index in [1.165, 1.54) is 0 Å². The number of aromatic amines is 1. The molecule has 1 N–H and O–H groups in total. The van der Waals surface area contributed by atoms with Crippen molar-refractivity contribution >= 4 is 11.8 Å². The standard InChI is InChI=1S/C22H27N3O4/c1-12(2)25-13(3)9-18(16(25)6)20(26)11-29-21(27)8-7-17-14(4)19(10-23)22(28)24-15(17)5/h9,12H,7-8,11H2,1-6H3,(H,24,28). The van der Waals surface area contributed by atoms with Crippen LogP contribution in [0.3, 0.4) is 0 Å². The summed E-state index contributed by atoms with van der Waals surface area (Å²) in [5.74, 6) is -0.735. The van der Waals surface area contributed by atoms with Crippen LogP contribution in [0.2, 0.25) is 0 Å². The summed E-state index contributed by atoms with van der Waals surface area (Å²) in [6, 6.07) is 3.95. The smallest absolute Gasteiger partial charge is 0.306 e. The highest BCUT2D eigenvalue weighted by Crippen LogP contribution is 2.21. The fourth-order valence-electron chi connectivity index (χ4n) is 3.80. The Labute approximate surface area is 170 Å². The average molecular weight is 397 g/mol. The second kappa shape index (κ2) is 8.91. The molecule has 0 fully saturated rings. The lowest BCUT2D eigenvalue weighted by Crippen LogP contribution is -2.18. The van der Waals surface area contributed by atoms with Crippen LogP contribution in [-0.4, -0.2) is 27.9 Å². The molecule has 0 saturated carbocycles. The molecule has 0 atom stereocenters. The number of hydrogen-bond acceptors (Lipinski definition) is 5. The summed E-state index contributed by atoms with van der Waals surface area (Å²) in [7, 11) is 0. The first kappa shape index (κ1) is 22.2. The molecule has 7 nitrogen and oxygen atoms in total. The Kier molecular flexibility index (Phi) is 6.80. The Balaban J connectivity index is 2.02. The normalized spacial score (nSPS) is 10.8. The molecule has 0 saturated heterocycles. The van der Waals surface area contributed by atoms with E-state index in [0.29, 0.717) is 23.2 Å². The van der Waals surface area contributed by atoms with Gasteiger partial charge >= 0.3 is 5.97 Å². The Morgan fingerprint density at radius 2 is 1.90 bits per heavy atom. The summed E-state index contributed by atoms with van der Waals surface area (Å²) in [6.07, 6.45) is 0.370. The first-order valence-electron chi connectivity index (χ1n) is 9.58. The predicted octanol–water partition coefficient (Wildman–Crippen LogP) is 3.22. The van der Waals surface area contributed by atoms with E-state index in [-0.39, 0.29) is 30.4 Å². The minimum Gasteiger partial charge on any atom is -0.457 e. The molecule has 0 spiro atoms. The minimum atomic E-state index is -0.500. The van der Waals surface area contributed by atoms with E-state index in [1.54, 1.807) is 13.8 Å². The van der Waals surface area contributed by atoms with Crippen molar-refractivity contribution in [2.24, 2.45) is 0 Å². The lowest BCUT2D eigenvalue weighted by Gasteiger charge is -2.13. The number of aromatic nitrogens is 2. The van der Waals surface area contributed by atoms with Crippen LogP contribution in [0.5, 0.6) is 0 Å². The lowest BCUT2D eigenvalue weighted by atomic mass is 9.99. The molecule has 0 unspecified atom stereocenters. The van der Waals surface area contributed by atoms with Gasteiger partial charge in [-0.2, -0.15) is 5.26 Å². The Bertz CT molecular complexity index is 1050. The topological polar surface area (TPSA) is 105 Å². The van der Waals surface area contributed by atoms with Gasteiger partial charge in [0.2, 0.25) is 5.78 Å². The van der Waals surface area contributed by atoms with Gasteiger partial charge in [0.05, 0.1) is 0 Å². The van der Waals surface area contributed by atoms with E-state index >= 15 is 0 Å². The molecular formula is C22H27N3O4. The summed E-state index contributed by atoms with van der Waals surface area (Å²) in [6.45, 7) is 11.0. The zero-order valence-electron chi connectivity index (χ0n) is 17.8. The number of pyridine rings is 1. The molecule has 0 bridgehead atoms. The zero-order chi connectivity index (χ0) is 21.9. The van der Waals surface area contributed by atoms with Gasteiger partial charge in [-0.05, 0) is 65.2 Å². The Hall–Kier alpha value is -3.14. The van der Waals surface area contributed by atoms with Crippen LogP contribution in [0.4, 0.5) is 0 Å². The summed E-state index contributed by atoms with van der Waals surface area (Å²) < 4.78 is 7.24. The maximum atomic E-state index is 12.5. The third-order valence-corrected chi connectivity index (χ3v) is 5.16. The number of aryl methyl sites for hydroxylation is 2. The number of carbonyl (C=O) groups is 2. The van der Waals surface area contributed by atoms with Gasteiger partial charge in [0, 0.05) is 35.1 Å². The molecule has 0 aliphatic rings. The minimum absolute atomic E-state index is 0.0506. The largest absolute Gasteiger partial charge is 0.457 e. The Morgan fingerprint density at radius 1 is 1.24 bits per heavy atom. The molecular weight excluding hydrogens is 370 g/mol. The maximum Gasteiger partial charge on any atom is 0.306 e. The fraction of sp³-hybridized carbons (Fsp3) is 0.455. The van der Waals surface area contributed by atoms with Crippen LogP contribution in [0, 0.1) is 39.0 Å². The second-order valence-corrected chi connectivity index (χ2v) is 7.50. The van der Waals surface area contributed by atoms with E-state index in [4.69, 9.17) is 10.00 Å². The summed E-state index contributed by atoms with van der Waals surface area (Å²) in [5, 5.41) is 9.12. The van der Waals surface area contributed by atoms with Gasteiger partial charge in [-0.15, -0.1) is 0 Å². The van der Waals surface area contributed by atoms with Crippen molar-refractivity contribution in [3.63, 3.8) is 0 Å². The first-order valence-corrected chi connectivity index (χ1v) is 9.58. The number of nitrogens with zero attached hydrogens (tertiary/aromatic N) is 2. The molecule has 0 aliphatic heterocycles. The van der Waals surface area contributed by atoms with Crippen LogP contribution >= 0.6 is 0 Å². The SMILES string of the molecule is Cc1[nH]c(=O)c(C#N)c(C)c1CCC(=O)OCC(=O)c1cc(C)n(C(C)C)c1C. The van der Waals surface area contributed by atoms with E-state index in [2.05, 4.69) is 9.55 Å². The van der Waals surface area contributed by atoms with Gasteiger partial charge in [0.1, 0.15) is 11.6 Å². The molecule has 2 heterocycles. The number of rotatable bonds is 7. The van der Waals surface area contributed by atoms with Crippen LogP contribution < -0.4 is 5.56 Å². The van der Waals surface area contributed by atoms with E-state index in [0.717, 1.165) is 17.0 Å². The average Bonchev–Trinajstić information content (AvgIpc) is 2.94. The first-order chi connectivity index (χ1) is 13.6. The number of esters is 1. The fourth-order valence-corrected chi connectivity index (χ4v) is 3.80. The van der Waals surface area contributed by atoms with Crippen molar-refractivity contribution < 1.29 is 14.3 Å². The third-order valence-electron chi connectivity index (χ3n) is 5.16. The monoisotopic (exact) mass is 397 g/mol. The summed E-state index contributed by atoms with van der Waals surface area (Å²) >= 11 is 0. The number of ketones is 1. The second-order valence-electron chi connectivity index (χ2n) is 7.50. The van der Waals surface area contributed by atoms with Crippen LogP contribution in [0.1, 0.15) is 70.4 Å². The molecule has 0 amide bonds. The van der Waals surface area contributed by atoms with Crippen LogP contribution in [0.15, 0.2) is 10.9 Å². The number of nitriles is 1. The van der Waals surface area contributed by atoms with Crippen molar-refractivity contribution in [3.8, 4) is 6.07 Å². The number of carbonyl (C=O) groups excluding carboxylic acids is 2. The number of nitrogens with one attached hydrogen (secondary N) is 1. The molecule has 0 aromatic carbocycles. The van der Waals surface area contributed by atoms with Crippen molar-refractivity contribution in [2.45, 2.75) is 60.4 Å². The van der Waals surface area contributed by atoms with Gasteiger partial charge in [-0.3, -0.25) is 14.4 Å². The quantitative estimate of drug-likeness (QED) is 0.570. The number of hydrogen-bond donors (Lipinski definition) is 1. The molecule has 0 aliphatic carbocycles. The van der Waals surface area contributed by atoms with Crippen molar-refractivity contribution in [1.29, 1.82) is 5.26 Å². The highest BCUT2D eigenvalue weighted by molar-refractivity contribution is 5.99. The predicted molar refractivity (Wildman–Crippen MR) is 109 cm³/mol. The molecule has 154 valence electrons. The van der Waals surface area contributed by atoms with Gasteiger partial charge in [0.25, 0.3) is 5.56 Å². The van der Waals surface area contributed by atoms with Crippen molar-refractivity contribution in [1.82, 2.24) is 9.55 Å². The zero-order valence-corrected chi connectivity index (χ0v) is 17.8. The van der Waals surface area contributed by atoms with Crippen molar-refractivity contribution in [2.75, 3.05) is 6.61 Å². The molecule has 0 radical (unpaired) electrons. The maximum absolute atomic E-state index is 12.5. The number of H-pyrrole nitrogens is 1. The van der Waals surface area contributed by atoms with Crippen LogP contribution in [-0.2, 0) is 16.0 Å². The van der Waals surface area contributed by atoms with Gasteiger partial charge in [0.15, 0.2) is 6.61 Å². The molecule has 7 heteroatoms. The van der Waals surface area contributed by atoms with Gasteiger partial charge in [-0.1, -0.05) is 0 Å².